The first-order valence-electron chi connectivity index (χ1n) is 10.2. The van der Waals surface area contributed by atoms with Crippen LogP contribution in [0.4, 0.5) is 5.69 Å². The number of benzene rings is 3. The lowest BCUT2D eigenvalue weighted by molar-refractivity contribution is -0.118. The van der Waals surface area contributed by atoms with Crippen LogP contribution in [0.5, 0.6) is 5.75 Å². The fraction of sp³-hybridized carbons (Fsp3) is 0.115. The van der Waals surface area contributed by atoms with Crippen LogP contribution in [0, 0.1) is 18.3 Å². The van der Waals surface area contributed by atoms with Crippen molar-refractivity contribution in [1.29, 1.82) is 5.26 Å². The van der Waals surface area contributed by atoms with Crippen LogP contribution in [0.2, 0.25) is 5.02 Å². The molecular formula is C26H22ClN3O3. The molecule has 3 rings (SSSR count). The monoisotopic (exact) mass is 459 g/mol. The fourth-order valence-electron chi connectivity index (χ4n) is 2.90. The first-order chi connectivity index (χ1) is 15.9. The van der Waals surface area contributed by atoms with Crippen molar-refractivity contribution in [3.05, 3.63) is 100 Å². The fourth-order valence-corrected chi connectivity index (χ4v) is 3.08. The average Bonchev–Trinajstić information content (AvgIpc) is 2.83. The zero-order chi connectivity index (χ0) is 23.6. The maximum Gasteiger partial charge on any atom is 0.262 e. The first-order valence-corrected chi connectivity index (χ1v) is 10.5. The number of carbonyl (C=O) groups excluding carboxylic acids is 2. The number of nitrogens with one attached hydrogen (secondary N) is 2. The third-order valence-corrected chi connectivity index (χ3v) is 5.06. The molecule has 2 amide bonds. The summed E-state index contributed by atoms with van der Waals surface area (Å²) in [5, 5.41) is 15.4. The van der Waals surface area contributed by atoms with E-state index >= 15 is 0 Å². The molecule has 0 saturated heterocycles. The van der Waals surface area contributed by atoms with Crippen molar-refractivity contribution in [2.24, 2.45) is 0 Å². The highest BCUT2D eigenvalue weighted by Gasteiger charge is 2.10. The van der Waals surface area contributed by atoms with E-state index in [-0.39, 0.29) is 18.1 Å². The topological polar surface area (TPSA) is 91.2 Å². The van der Waals surface area contributed by atoms with Crippen LogP contribution in [-0.2, 0) is 16.1 Å². The number of anilines is 1. The highest BCUT2D eigenvalue weighted by Crippen LogP contribution is 2.20. The molecule has 0 aromatic heterocycles. The Bertz CT molecular complexity index is 1220. The summed E-state index contributed by atoms with van der Waals surface area (Å²) < 4.78 is 5.56. The molecular weight excluding hydrogens is 438 g/mol. The predicted molar refractivity (Wildman–Crippen MR) is 129 cm³/mol. The van der Waals surface area contributed by atoms with Gasteiger partial charge in [0.2, 0.25) is 0 Å². The molecule has 7 heteroatoms. The molecule has 0 saturated carbocycles. The van der Waals surface area contributed by atoms with Crippen molar-refractivity contribution < 1.29 is 14.3 Å². The van der Waals surface area contributed by atoms with Crippen LogP contribution in [0.3, 0.4) is 0 Å². The van der Waals surface area contributed by atoms with Crippen molar-refractivity contribution in [2.45, 2.75) is 13.5 Å². The minimum atomic E-state index is -0.469. The quantitative estimate of drug-likeness (QED) is 0.370. The summed E-state index contributed by atoms with van der Waals surface area (Å²) in [4.78, 5) is 24.6. The number of rotatable bonds is 8. The van der Waals surface area contributed by atoms with Gasteiger partial charge in [0.1, 0.15) is 17.4 Å². The summed E-state index contributed by atoms with van der Waals surface area (Å²) in [6, 6.07) is 23.4. The average molecular weight is 460 g/mol. The van der Waals surface area contributed by atoms with Crippen molar-refractivity contribution in [3.63, 3.8) is 0 Å². The molecule has 0 spiro atoms. The number of carbonyl (C=O) groups is 2. The summed E-state index contributed by atoms with van der Waals surface area (Å²) in [6.07, 6.45) is 1.47. The largest absolute Gasteiger partial charge is 0.484 e. The molecule has 3 aromatic carbocycles. The molecule has 0 aliphatic carbocycles. The number of halogens is 1. The first kappa shape index (κ1) is 23.6. The third kappa shape index (κ3) is 7.23. The van der Waals surface area contributed by atoms with E-state index in [1.54, 1.807) is 36.4 Å². The second kappa shape index (κ2) is 11.5. The van der Waals surface area contributed by atoms with Crippen molar-refractivity contribution in [2.75, 3.05) is 11.9 Å². The maximum absolute atomic E-state index is 12.4. The van der Waals surface area contributed by atoms with Crippen LogP contribution in [0.25, 0.3) is 6.08 Å². The number of hydrogen-bond donors (Lipinski definition) is 2. The lowest BCUT2D eigenvalue weighted by Gasteiger charge is -2.09. The molecule has 0 unspecified atom stereocenters. The molecule has 0 aliphatic heterocycles. The number of hydrogen-bond acceptors (Lipinski definition) is 4. The third-order valence-electron chi connectivity index (χ3n) is 4.66. The molecule has 0 bridgehead atoms. The normalized spacial score (nSPS) is 10.8. The molecule has 3 aromatic rings. The molecule has 0 atom stereocenters. The van der Waals surface area contributed by atoms with Gasteiger partial charge in [-0.3, -0.25) is 9.59 Å². The van der Waals surface area contributed by atoms with Crippen LogP contribution in [-0.4, -0.2) is 18.4 Å². The van der Waals surface area contributed by atoms with Gasteiger partial charge in [-0.2, -0.15) is 5.26 Å². The summed E-state index contributed by atoms with van der Waals surface area (Å²) in [5.74, 6) is -0.375. The number of amides is 2. The SMILES string of the molecule is Cc1ccc(NC(=O)COc2cccc(/C=C(\C#N)C(=O)NCc3ccccc3)c2)cc1Cl. The van der Waals surface area contributed by atoms with E-state index in [4.69, 9.17) is 16.3 Å². The molecule has 0 fully saturated rings. The number of nitriles is 1. The minimum absolute atomic E-state index is 0.0305. The van der Waals surface area contributed by atoms with Gasteiger partial charge in [0.25, 0.3) is 11.8 Å². The lowest BCUT2D eigenvalue weighted by atomic mass is 10.1. The zero-order valence-electron chi connectivity index (χ0n) is 18.0. The van der Waals surface area contributed by atoms with Crippen molar-refractivity contribution >= 4 is 35.2 Å². The van der Waals surface area contributed by atoms with Crippen LogP contribution in [0.15, 0.2) is 78.4 Å². The highest BCUT2D eigenvalue weighted by atomic mass is 35.5. The van der Waals surface area contributed by atoms with Crippen LogP contribution in [0.1, 0.15) is 16.7 Å². The van der Waals surface area contributed by atoms with Gasteiger partial charge in [0.05, 0.1) is 0 Å². The number of nitrogens with zero attached hydrogens (tertiary/aromatic N) is 1. The van der Waals surface area contributed by atoms with E-state index in [1.807, 2.05) is 49.4 Å². The van der Waals surface area contributed by atoms with Crippen molar-refractivity contribution in [1.82, 2.24) is 5.32 Å². The molecule has 166 valence electrons. The van der Waals surface area contributed by atoms with Gasteiger partial charge in [0.15, 0.2) is 6.61 Å². The standard InChI is InChI=1S/C26H22ClN3O3/c1-18-10-11-22(14-24(18)27)30-25(31)17-33-23-9-5-8-20(13-23)12-21(15-28)26(32)29-16-19-6-3-2-4-7-19/h2-14H,16-17H2,1H3,(H,29,32)(H,30,31)/b21-12+. The second-order valence-electron chi connectivity index (χ2n) is 7.21. The van der Waals surface area contributed by atoms with Crippen molar-refractivity contribution in [3.8, 4) is 11.8 Å². The van der Waals surface area contributed by atoms with Gasteiger partial charge in [0, 0.05) is 17.3 Å². The minimum Gasteiger partial charge on any atom is -0.484 e. The molecule has 0 aliphatic rings. The Morgan fingerprint density at radius 3 is 2.58 bits per heavy atom. The summed E-state index contributed by atoms with van der Waals surface area (Å²) in [7, 11) is 0. The van der Waals surface area contributed by atoms with Gasteiger partial charge >= 0.3 is 0 Å². The van der Waals surface area contributed by atoms with E-state index in [1.165, 1.54) is 6.08 Å². The lowest BCUT2D eigenvalue weighted by Crippen LogP contribution is -2.23. The Labute approximate surface area is 197 Å². The summed E-state index contributed by atoms with van der Waals surface area (Å²) in [6.45, 7) is 1.99. The Balaban J connectivity index is 1.58. The van der Waals surface area contributed by atoms with Gasteiger partial charge in [-0.05, 0) is 54.0 Å². The second-order valence-corrected chi connectivity index (χ2v) is 7.62. The number of ether oxygens (including phenoxy) is 1. The number of aryl methyl sites for hydroxylation is 1. The Hall–Kier alpha value is -4.08. The molecule has 33 heavy (non-hydrogen) atoms. The molecule has 0 heterocycles. The Morgan fingerprint density at radius 1 is 1.06 bits per heavy atom. The Morgan fingerprint density at radius 2 is 1.85 bits per heavy atom. The van der Waals surface area contributed by atoms with Gasteiger partial charge in [-0.15, -0.1) is 0 Å². The highest BCUT2D eigenvalue weighted by molar-refractivity contribution is 6.31. The molecule has 2 N–H and O–H groups in total. The zero-order valence-corrected chi connectivity index (χ0v) is 18.7. The summed E-state index contributed by atoms with van der Waals surface area (Å²) >= 11 is 6.07. The van der Waals surface area contributed by atoms with E-state index in [0.717, 1.165) is 11.1 Å². The predicted octanol–water partition coefficient (Wildman–Crippen LogP) is 4.89. The molecule has 0 radical (unpaired) electrons. The van der Waals surface area contributed by atoms with E-state index < -0.39 is 5.91 Å². The van der Waals surface area contributed by atoms with E-state index in [9.17, 15) is 14.9 Å². The van der Waals surface area contributed by atoms with Crippen LogP contribution < -0.4 is 15.4 Å². The van der Waals surface area contributed by atoms with Gasteiger partial charge < -0.3 is 15.4 Å². The smallest absolute Gasteiger partial charge is 0.262 e. The van der Waals surface area contributed by atoms with Gasteiger partial charge in [-0.1, -0.05) is 60.1 Å². The van der Waals surface area contributed by atoms with Gasteiger partial charge in [-0.25, -0.2) is 0 Å². The van der Waals surface area contributed by atoms with E-state index in [0.29, 0.717) is 28.6 Å². The maximum atomic E-state index is 12.4. The summed E-state index contributed by atoms with van der Waals surface area (Å²) in [5.41, 5.74) is 3.00. The van der Waals surface area contributed by atoms with E-state index in [2.05, 4.69) is 10.6 Å². The van der Waals surface area contributed by atoms with Crippen LogP contribution >= 0.6 is 11.6 Å². The Kier molecular flexibility index (Phi) is 8.23. The molecule has 6 nitrogen and oxygen atoms in total.